The minimum Gasteiger partial charge on any atom is -0.491 e. The van der Waals surface area contributed by atoms with Crippen LogP contribution >= 0.6 is 0 Å². The lowest BCUT2D eigenvalue weighted by Gasteiger charge is -2.13. The van der Waals surface area contributed by atoms with E-state index in [1.54, 1.807) is 43.1 Å². The van der Waals surface area contributed by atoms with Gasteiger partial charge in [-0.15, -0.1) is 0 Å². The molecule has 8 heteroatoms. The molecule has 0 radical (unpaired) electrons. The monoisotopic (exact) mass is 405 g/mol. The van der Waals surface area contributed by atoms with Crippen molar-refractivity contribution in [2.75, 3.05) is 19.1 Å². The zero-order valence-electron chi connectivity index (χ0n) is 17.3. The maximum Gasteiger partial charge on any atom is 0.259 e. The molecular formula is C22H23N5O3. The van der Waals surface area contributed by atoms with Gasteiger partial charge in [0.15, 0.2) is 5.75 Å². The van der Waals surface area contributed by atoms with Crippen molar-refractivity contribution in [1.82, 2.24) is 14.8 Å². The normalized spacial score (nSPS) is 13.9. The number of carbonyl (C=O) groups is 1. The van der Waals surface area contributed by atoms with Crippen LogP contribution in [0, 0.1) is 5.41 Å². The number of amides is 1. The maximum absolute atomic E-state index is 12.9. The molecule has 154 valence electrons. The van der Waals surface area contributed by atoms with Crippen molar-refractivity contribution in [3.05, 3.63) is 54.0 Å². The third kappa shape index (κ3) is 3.30. The first-order valence-corrected chi connectivity index (χ1v) is 9.55. The molecule has 8 nitrogen and oxygen atoms in total. The second-order valence-corrected chi connectivity index (χ2v) is 7.24. The van der Waals surface area contributed by atoms with Gasteiger partial charge in [0.2, 0.25) is 0 Å². The molecule has 0 saturated carbocycles. The number of rotatable bonds is 6. The Labute approximate surface area is 174 Å². The number of ether oxygens (including phenoxy) is 2. The van der Waals surface area contributed by atoms with Crippen molar-refractivity contribution in [1.29, 1.82) is 5.41 Å². The number of anilines is 1. The lowest BCUT2D eigenvalue weighted by molar-refractivity contribution is 0.0996. The van der Waals surface area contributed by atoms with Crippen LogP contribution in [0.2, 0.25) is 0 Å². The minimum absolute atomic E-state index is 0.0548. The molecule has 1 aliphatic heterocycles. The van der Waals surface area contributed by atoms with Crippen LogP contribution in [0.15, 0.2) is 42.9 Å². The SMILES string of the molecule is COc1cc(-c2ccc3c(c2)CN(c2cnn([C@H](C)C(C)=N)c2)C3=O)cnc1OC. The average Bonchev–Trinajstić information content (AvgIpc) is 3.37. The summed E-state index contributed by atoms with van der Waals surface area (Å²) in [6.07, 6.45) is 5.21. The van der Waals surface area contributed by atoms with Gasteiger partial charge in [0, 0.05) is 29.2 Å². The van der Waals surface area contributed by atoms with Gasteiger partial charge in [-0.2, -0.15) is 5.10 Å². The standard InChI is InChI=1S/C22H23N5O3/c1-13(23)14(2)27-12-18(10-25-27)26-11-17-7-15(5-6-19(17)22(26)28)16-8-20(29-3)21(30-4)24-9-16/h5-10,12,14,23H,11H2,1-4H3/t14-/m1/s1. The Morgan fingerprint density at radius 2 is 1.97 bits per heavy atom. The molecule has 30 heavy (non-hydrogen) atoms. The number of hydrogen-bond acceptors (Lipinski definition) is 6. The summed E-state index contributed by atoms with van der Waals surface area (Å²) >= 11 is 0. The van der Waals surface area contributed by atoms with Crippen LogP contribution in [0.1, 0.15) is 35.8 Å². The number of benzene rings is 1. The van der Waals surface area contributed by atoms with Gasteiger partial charge in [-0.05, 0) is 43.2 Å². The first kappa shape index (κ1) is 19.6. The van der Waals surface area contributed by atoms with E-state index in [1.165, 1.54) is 0 Å². The average molecular weight is 405 g/mol. The number of methoxy groups -OCH3 is 2. The van der Waals surface area contributed by atoms with E-state index in [1.807, 2.05) is 37.4 Å². The molecule has 0 unspecified atom stereocenters. The molecule has 1 amide bonds. The molecule has 4 rings (SSSR count). The van der Waals surface area contributed by atoms with Gasteiger partial charge in [-0.25, -0.2) is 4.98 Å². The van der Waals surface area contributed by atoms with Gasteiger partial charge in [-0.1, -0.05) is 6.07 Å². The van der Waals surface area contributed by atoms with E-state index in [2.05, 4.69) is 10.1 Å². The Kier molecular flexibility index (Phi) is 4.99. The lowest BCUT2D eigenvalue weighted by Crippen LogP contribution is -2.22. The molecule has 0 bridgehead atoms. The van der Waals surface area contributed by atoms with Crippen LogP contribution in [0.25, 0.3) is 11.1 Å². The van der Waals surface area contributed by atoms with E-state index in [-0.39, 0.29) is 11.9 Å². The van der Waals surface area contributed by atoms with Gasteiger partial charge < -0.3 is 19.8 Å². The van der Waals surface area contributed by atoms with E-state index in [0.29, 0.717) is 29.4 Å². The van der Waals surface area contributed by atoms with E-state index >= 15 is 0 Å². The molecule has 2 aromatic heterocycles. The number of hydrogen-bond donors (Lipinski definition) is 1. The summed E-state index contributed by atoms with van der Waals surface area (Å²) in [4.78, 5) is 18.9. The smallest absolute Gasteiger partial charge is 0.259 e. The summed E-state index contributed by atoms with van der Waals surface area (Å²) in [6.45, 7) is 4.11. The van der Waals surface area contributed by atoms with E-state index < -0.39 is 0 Å². The zero-order valence-corrected chi connectivity index (χ0v) is 17.3. The lowest BCUT2D eigenvalue weighted by atomic mass is 10.0. The summed E-state index contributed by atoms with van der Waals surface area (Å²) in [6, 6.07) is 7.48. The van der Waals surface area contributed by atoms with Crippen LogP contribution < -0.4 is 14.4 Å². The molecule has 1 aliphatic rings. The van der Waals surface area contributed by atoms with Crippen LogP contribution in [-0.2, 0) is 6.54 Å². The number of carbonyl (C=O) groups excluding carboxylic acids is 1. The molecule has 1 atom stereocenters. The van der Waals surface area contributed by atoms with E-state index in [9.17, 15) is 4.79 Å². The predicted molar refractivity (Wildman–Crippen MR) is 114 cm³/mol. The van der Waals surface area contributed by atoms with Crippen molar-refractivity contribution in [2.45, 2.75) is 26.4 Å². The Balaban J connectivity index is 1.63. The van der Waals surface area contributed by atoms with Crippen molar-refractivity contribution >= 4 is 17.3 Å². The van der Waals surface area contributed by atoms with Gasteiger partial charge in [0.05, 0.1) is 38.7 Å². The van der Waals surface area contributed by atoms with E-state index in [4.69, 9.17) is 14.9 Å². The molecule has 1 aromatic carbocycles. The number of pyridine rings is 1. The Morgan fingerprint density at radius 1 is 1.17 bits per heavy atom. The van der Waals surface area contributed by atoms with Gasteiger partial charge in [-0.3, -0.25) is 9.48 Å². The topological polar surface area (TPSA) is 93.3 Å². The third-order valence-electron chi connectivity index (χ3n) is 5.40. The fourth-order valence-corrected chi connectivity index (χ4v) is 3.48. The predicted octanol–water partition coefficient (Wildman–Crippen LogP) is 3.72. The Hall–Kier alpha value is -3.68. The molecule has 0 saturated heterocycles. The molecule has 0 fully saturated rings. The fourth-order valence-electron chi connectivity index (χ4n) is 3.48. The first-order valence-electron chi connectivity index (χ1n) is 9.55. The van der Waals surface area contributed by atoms with Crippen molar-refractivity contribution < 1.29 is 14.3 Å². The summed E-state index contributed by atoms with van der Waals surface area (Å²) < 4.78 is 12.3. The molecule has 3 heterocycles. The number of aromatic nitrogens is 3. The summed E-state index contributed by atoms with van der Waals surface area (Å²) in [5, 5.41) is 12.1. The van der Waals surface area contributed by atoms with Crippen LogP contribution in [0.3, 0.4) is 0 Å². The van der Waals surface area contributed by atoms with Gasteiger partial charge in [0.1, 0.15) is 0 Å². The van der Waals surface area contributed by atoms with Crippen LogP contribution in [0.4, 0.5) is 5.69 Å². The Morgan fingerprint density at radius 3 is 2.67 bits per heavy atom. The third-order valence-corrected chi connectivity index (χ3v) is 5.40. The molecule has 0 aliphatic carbocycles. The first-order chi connectivity index (χ1) is 14.4. The maximum atomic E-state index is 12.9. The highest BCUT2D eigenvalue weighted by atomic mass is 16.5. The summed E-state index contributed by atoms with van der Waals surface area (Å²) in [7, 11) is 3.12. The number of nitrogens with zero attached hydrogens (tertiary/aromatic N) is 4. The fraction of sp³-hybridized carbons (Fsp3) is 0.273. The molecular weight excluding hydrogens is 382 g/mol. The zero-order chi connectivity index (χ0) is 21.4. The van der Waals surface area contributed by atoms with Crippen molar-refractivity contribution in [2.24, 2.45) is 0 Å². The highest BCUT2D eigenvalue weighted by Gasteiger charge is 2.30. The van der Waals surface area contributed by atoms with Gasteiger partial charge >= 0.3 is 0 Å². The molecule has 3 aromatic rings. The quantitative estimate of drug-likeness (QED) is 0.631. The summed E-state index contributed by atoms with van der Waals surface area (Å²) in [5.74, 6) is 0.923. The summed E-state index contributed by atoms with van der Waals surface area (Å²) in [5.41, 5.74) is 4.67. The van der Waals surface area contributed by atoms with Gasteiger partial charge in [0.25, 0.3) is 11.8 Å². The highest BCUT2D eigenvalue weighted by molar-refractivity contribution is 6.10. The minimum atomic E-state index is -0.150. The van der Waals surface area contributed by atoms with E-state index in [0.717, 1.165) is 22.4 Å². The van der Waals surface area contributed by atoms with Crippen LogP contribution in [-0.4, -0.2) is 40.6 Å². The second kappa shape index (κ2) is 7.62. The Bertz CT molecular complexity index is 1140. The molecule has 0 spiro atoms. The number of nitrogens with one attached hydrogen (secondary N) is 1. The van der Waals surface area contributed by atoms with Crippen molar-refractivity contribution in [3.63, 3.8) is 0 Å². The second-order valence-electron chi connectivity index (χ2n) is 7.24. The highest BCUT2D eigenvalue weighted by Crippen LogP contribution is 2.34. The van der Waals surface area contributed by atoms with Crippen LogP contribution in [0.5, 0.6) is 11.6 Å². The largest absolute Gasteiger partial charge is 0.491 e. The molecule has 1 N–H and O–H groups in total. The van der Waals surface area contributed by atoms with Crippen molar-refractivity contribution in [3.8, 4) is 22.8 Å². The number of fused-ring (bicyclic) bond motifs is 1.